The van der Waals surface area contributed by atoms with Gasteiger partial charge in [-0.05, 0) is 43.5 Å². The first-order valence-electron chi connectivity index (χ1n) is 5.96. The van der Waals surface area contributed by atoms with E-state index in [-0.39, 0.29) is 10.2 Å². The molecule has 3 nitrogen and oxygen atoms in total. The van der Waals surface area contributed by atoms with E-state index in [2.05, 4.69) is 21.2 Å². The quantitative estimate of drug-likeness (QED) is 0.664. The summed E-state index contributed by atoms with van der Waals surface area (Å²) in [6.07, 6.45) is 2.94. The number of carbonyl (C=O) groups is 1. The van der Waals surface area contributed by atoms with Crippen molar-refractivity contribution >= 4 is 33.4 Å². The Morgan fingerprint density at radius 3 is 2.61 bits per heavy atom. The molecule has 1 aromatic carbocycles. The lowest BCUT2D eigenvalue weighted by Crippen LogP contribution is -2.47. The molecule has 1 fully saturated rings. The van der Waals surface area contributed by atoms with E-state index in [9.17, 15) is 4.79 Å². The highest BCUT2D eigenvalue weighted by molar-refractivity contribution is 9.10. The fourth-order valence-corrected chi connectivity index (χ4v) is 2.56. The molecule has 1 aromatic rings. The van der Waals surface area contributed by atoms with E-state index in [0.29, 0.717) is 18.2 Å². The molecule has 1 saturated carbocycles. The van der Waals surface area contributed by atoms with E-state index in [1.54, 1.807) is 12.1 Å². The molecule has 0 aromatic heterocycles. The lowest BCUT2D eigenvalue weighted by Gasteiger charge is -2.34. The molecule has 5 heteroatoms. The molecule has 1 N–H and O–H groups in total. The summed E-state index contributed by atoms with van der Waals surface area (Å²) in [5.74, 6) is 0.819. The molecule has 0 saturated heterocycles. The Morgan fingerprint density at radius 2 is 2.06 bits per heavy atom. The van der Waals surface area contributed by atoms with Crippen molar-refractivity contribution in [2.24, 2.45) is 0 Å². The third-order valence-corrected chi connectivity index (χ3v) is 4.43. The number of hydrogen-bond donors (Lipinski definition) is 1. The minimum Gasteiger partial charge on any atom is -0.492 e. The van der Waals surface area contributed by atoms with Gasteiger partial charge < -0.3 is 10.1 Å². The number of amides is 1. The summed E-state index contributed by atoms with van der Waals surface area (Å²) in [4.78, 5) is 11.8. The number of alkyl halides is 1. The lowest BCUT2D eigenvalue weighted by atomic mass is 9.84. The number of ether oxygens (including phenoxy) is 1. The number of hydrogen-bond acceptors (Lipinski definition) is 2. The van der Waals surface area contributed by atoms with Crippen LogP contribution in [0.3, 0.4) is 0 Å². The van der Waals surface area contributed by atoms with Crippen LogP contribution in [0.25, 0.3) is 0 Å². The van der Waals surface area contributed by atoms with Gasteiger partial charge >= 0.3 is 0 Å². The maximum Gasteiger partial charge on any atom is 0.237 e. The van der Waals surface area contributed by atoms with Gasteiger partial charge in [-0.15, -0.1) is 0 Å². The average molecular weight is 333 g/mol. The van der Waals surface area contributed by atoms with Crippen LogP contribution in [0.15, 0.2) is 24.3 Å². The van der Waals surface area contributed by atoms with Gasteiger partial charge in [0.2, 0.25) is 5.91 Å². The van der Waals surface area contributed by atoms with Crippen molar-refractivity contribution in [3.05, 3.63) is 29.3 Å². The fraction of sp³-hybridized carbons (Fsp3) is 0.462. The van der Waals surface area contributed by atoms with Crippen molar-refractivity contribution in [1.82, 2.24) is 5.32 Å². The fourth-order valence-electron chi connectivity index (χ4n) is 1.74. The highest BCUT2D eigenvalue weighted by atomic mass is 79.9. The molecular formula is C13H15BrClNO2. The molecule has 0 radical (unpaired) electrons. The van der Waals surface area contributed by atoms with Crippen molar-refractivity contribution < 1.29 is 9.53 Å². The van der Waals surface area contributed by atoms with Crippen LogP contribution in [-0.2, 0) is 4.79 Å². The molecule has 1 aliphatic carbocycles. The average Bonchev–Trinajstić information content (AvgIpc) is 2.33. The van der Waals surface area contributed by atoms with Gasteiger partial charge in [-0.3, -0.25) is 4.79 Å². The SMILES string of the molecule is O=C(NCCOc1ccc(Cl)cc1)C1(Br)CCC1. The molecule has 0 spiro atoms. The smallest absolute Gasteiger partial charge is 0.237 e. The first kappa shape index (κ1) is 13.7. The number of carbonyl (C=O) groups excluding carboxylic acids is 1. The Kier molecular flexibility index (Phi) is 4.51. The maximum atomic E-state index is 11.8. The zero-order valence-electron chi connectivity index (χ0n) is 9.92. The summed E-state index contributed by atoms with van der Waals surface area (Å²) < 4.78 is 5.16. The zero-order chi connectivity index (χ0) is 13.0. The number of rotatable bonds is 5. The predicted octanol–water partition coefficient (Wildman–Crippen LogP) is 3.15. The molecule has 98 valence electrons. The number of benzene rings is 1. The van der Waals surface area contributed by atoms with Gasteiger partial charge in [0.05, 0.1) is 6.54 Å². The molecule has 0 aliphatic heterocycles. The van der Waals surface area contributed by atoms with Gasteiger partial charge in [-0.2, -0.15) is 0 Å². The van der Waals surface area contributed by atoms with E-state index in [1.807, 2.05) is 12.1 Å². The monoisotopic (exact) mass is 331 g/mol. The Labute approximate surface area is 120 Å². The van der Waals surface area contributed by atoms with E-state index in [1.165, 1.54) is 0 Å². The number of nitrogens with one attached hydrogen (secondary N) is 1. The van der Waals surface area contributed by atoms with Crippen molar-refractivity contribution in [3.63, 3.8) is 0 Å². The molecule has 0 heterocycles. The lowest BCUT2D eigenvalue weighted by molar-refractivity contribution is -0.125. The first-order valence-corrected chi connectivity index (χ1v) is 7.13. The standard InChI is InChI=1S/C13H15BrClNO2/c14-13(6-1-7-13)12(17)16-8-9-18-11-4-2-10(15)3-5-11/h2-5H,1,6-9H2,(H,16,17). The second kappa shape index (κ2) is 5.93. The van der Waals surface area contributed by atoms with Gasteiger partial charge in [0, 0.05) is 5.02 Å². The Hall–Kier alpha value is -0.740. The Bertz CT molecular complexity index is 418. The predicted molar refractivity (Wildman–Crippen MR) is 75.5 cm³/mol. The molecule has 0 unspecified atom stereocenters. The highest BCUT2D eigenvalue weighted by Gasteiger charge is 2.41. The van der Waals surface area contributed by atoms with Gasteiger partial charge in [0.25, 0.3) is 0 Å². The van der Waals surface area contributed by atoms with Crippen LogP contribution >= 0.6 is 27.5 Å². The molecular weight excluding hydrogens is 318 g/mol. The second-order valence-corrected chi connectivity index (χ2v) is 6.33. The minimum absolute atomic E-state index is 0.0634. The largest absolute Gasteiger partial charge is 0.492 e. The summed E-state index contributed by atoms with van der Waals surface area (Å²) >= 11 is 9.24. The van der Waals surface area contributed by atoms with E-state index in [4.69, 9.17) is 16.3 Å². The van der Waals surface area contributed by atoms with Gasteiger partial charge in [0.15, 0.2) is 0 Å². The van der Waals surface area contributed by atoms with Crippen LogP contribution in [0.1, 0.15) is 19.3 Å². The van der Waals surface area contributed by atoms with Crippen LogP contribution in [0.4, 0.5) is 0 Å². The topological polar surface area (TPSA) is 38.3 Å². The normalized spacial score (nSPS) is 16.8. The summed E-state index contributed by atoms with van der Waals surface area (Å²) in [5.41, 5.74) is 0. The Morgan fingerprint density at radius 1 is 1.39 bits per heavy atom. The van der Waals surface area contributed by atoms with E-state index < -0.39 is 0 Å². The summed E-state index contributed by atoms with van der Waals surface area (Å²) in [5, 5.41) is 3.55. The van der Waals surface area contributed by atoms with Gasteiger partial charge in [0.1, 0.15) is 16.7 Å². The van der Waals surface area contributed by atoms with Crippen LogP contribution in [-0.4, -0.2) is 23.4 Å². The van der Waals surface area contributed by atoms with E-state index >= 15 is 0 Å². The van der Waals surface area contributed by atoms with Crippen molar-refractivity contribution in [2.75, 3.05) is 13.2 Å². The molecule has 1 aliphatic rings. The second-order valence-electron chi connectivity index (χ2n) is 4.38. The van der Waals surface area contributed by atoms with Crippen LogP contribution in [0, 0.1) is 0 Å². The molecule has 0 atom stereocenters. The van der Waals surface area contributed by atoms with Crippen molar-refractivity contribution in [3.8, 4) is 5.75 Å². The van der Waals surface area contributed by atoms with Crippen LogP contribution < -0.4 is 10.1 Å². The van der Waals surface area contributed by atoms with Crippen LogP contribution in [0.2, 0.25) is 5.02 Å². The molecule has 2 rings (SSSR count). The summed E-state index contributed by atoms with van der Waals surface area (Å²) in [7, 11) is 0. The zero-order valence-corrected chi connectivity index (χ0v) is 12.3. The first-order chi connectivity index (χ1) is 8.60. The van der Waals surface area contributed by atoms with E-state index in [0.717, 1.165) is 25.0 Å². The number of halogens is 2. The van der Waals surface area contributed by atoms with Crippen LogP contribution in [0.5, 0.6) is 5.75 Å². The molecule has 1 amide bonds. The third-order valence-electron chi connectivity index (χ3n) is 3.02. The molecule has 0 bridgehead atoms. The highest BCUT2D eigenvalue weighted by Crippen LogP contribution is 2.40. The minimum atomic E-state index is -0.326. The molecule has 18 heavy (non-hydrogen) atoms. The van der Waals surface area contributed by atoms with Crippen molar-refractivity contribution in [1.29, 1.82) is 0 Å². The van der Waals surface area contributed by atoms with Crippen molar-refractivity contribution in [2.45, 2.75) is 23.6 Å². The van der Waals surface area contributed by atoms with Gasteiger partial charge in [-0.25, -0.2) is 0 Å². The van der Waals surface area contributed by atoms with Gasteiger partial charge in [-0.1, -0.05) is 27.5 Å². The maximum absolute atomic E-state index is 11.8. The summed E-state index contributed by atoms with van der Waals surface area (Å²) in [6.45, 7) is 0.964. The Balaban J connectivity index is 1.67. The summed E-state index contributed by atoms with van der Waals surface area (Å²) in [6, 6.07) is 7.17. The third kappa shape index (κ3) is 3.39.